The Hall–Kier alpha value is -3.22. The molecule has 1 aromatic heterocycles. The summed E-state index contributed by atoms with van der Waals surface area (Å²) in [5.74, 6) is 0.183. The van der Waals surface area contributed by atoms with E-state index in [9.17, 15) is 14.7 Å². The molecule has 1 heterocycles. The molecular formula is C26H22N2O3S. The molecule has 0 saturated carbocycles. The number of aromatic nitrogens is 2. The molecule has 0 aliphatic heterocycles. The van der Waals surface area contributed by atoms with E-state index in [0.717, 1.165) is 12.0 Å². The molecule has 0 amide bonds. The van der Waals surface area contributed by atoms with Crippen LogP contribution in [0.4, 0.5) is 0 Å². The Bertz CT molecular complexity index is 1390. The van der Waals surface area contributed by atoms with Gasteiger partial charge >= 0.3 is 0 Å². The number of fused-ring (bicyclic) bond motifs is 4. The zero-order chi connectivity index (χ0) is 22.1. The third-order valence-corrected chi connectivity index (χ3v) is 6.80. The first-order valence-electron chi connectivity index (χ1n) is 10.6. The second kappa shape index (κ2) is 8.73. The number of Topliss-reactive ketones (excluding diaryl/α,β-unsaturated/α-hetero) is 1. The van der Waals surface area contributed by atoms with Gasteiger partial charge in [0.2, 0.25) is 0 Å². The largest absolute Gasteiger partial charge is 0.396 e. The van der Waals surface area contributed by atoms with Gasteiger partial charge in [0.25, 0.3) is 5.56 Å². The fourth-order valence-corrected chi connectivity index (χ4v) is 5.11. The lowest BCUT2D eigenvalue weighted by Crippen LogP contribution is -2.24. The third-order valence-electron chi connectivity index (χ3n) is 5.82. The van der Waals surface area contributed by atoms with Crippen LogP contribution in [-0.4, -0.2) is 32.8 Å². The van der Waals surface area contributed by atoms with E-state index < -0.39 is 0 Å². The Morgan fingerprint density at radius 2 is 1.78 bits per heavy atom. The van der Waals surface area contributed by atoms with Gasteiger partial charge in [-0.25, -0.2) is 4.98 Å². The van der Waals surface area contributed by atoms with Crippen molar-refractivity contribution in [3.05, 3.63) is 93.8 Å². The summed E-state index contributed by atoms with van der Waals surface area (Å²) in [5, 5.41) is 10.3. The highest BCUT2D eigenvalue weighted by Gasteiger charge is 2.20. The molecule has 0 spiro atoms. The number of hydrogen-bond donors (Lipinski definition) is 1. The van der Waals surface area contributed by atoms with Crippen molar-refractivity contribution in [1.29, 1.82) is 0 Å². The van der Waals surface area contributed by atoms with Gasteiger partial charge in [-0.1, -0.05) is 60.3 Å². The Balaban J connectivity index is 1.42. The lowest BCUT2D eigenvalue weighted by Gasteiger charge is -2.12. The van der Waals surface area contributed by atoms with E-state index in [0.29, 0.717) is 34.6 Å². The number of benzene rings is 3. The molecule has 0 bridgehead atoms. The molecule has 1 N–H and O–H groups in total. The summed E-state index contributed by atoms with van der Waals surface area (Å²) in [6, 6.07) is 21.4. The van der Waals surface area contributed by atoms with Crippen LogP contribution in [0, 0.1) is 0 Å². The van der Waals surface area contributed by atoms with Crippen LogP contribution in [0.3, 0.4) is 0 Å². The molecule has 1 aliphatic rings. The zero-order valence-corrected chi connectivity index (χ0v) is 18.3. The van der Waals surface area contributed by atoms with Crippen molar-refractivity contribution >= 4 is 28.4 Å². The first-order chi connectivity index (χ1) is 15.7. The number of carbonyl (C=O) groups excluding carboxylic acids is 1. The summed E-state index contributed by atoms with van der Waals surface area (Å²) in [7, 11) is 0. The quantitative estimate of drug-likeness (QED) is 0.231. The molecule has 32 heavy (non-hydrogen) atoms. The number of para-hydroxylation sites is 1. The Kier molecular flexibility index (Phi) is 5.64. The Labute approximate surface area is 189 Å². The molecule has 0 radical (unpaired) electrons. The highest BCUT2D eigenvalue weighted by molar-refractivity contribution is 7.99. The van der Waals surface area contributed by atoms with Gasteiger partial charge in [-0.2, -0.15) is 0 Å². The van der Waals surface area contributed by atoms with E-state index in [1.807, 2.05) is 42.5 Å². The Morgan fingerprint density at radius 1 is 1.00 bits per heavy atom. The second-order valence-corrected chi connectivity index (χ2v) is 8.81. The average molecular weight is 443 g/mol. The lowest BCUT2D eigenvalue weighted by atomic mass is 10.0. The number of thioether (sulfide) groups is 1. The van der Waals surface area contributed by atoms with Gasteiger partial charge in [-0.3, -0.25) is 14.2 Å². The van der Waals surface area contributed by atoms with Crippen LogP contribution < -0.4 is 5.56 Å². The first-order valence-corrected chi connectivity index (χ1v) is 11.6. The number of aliphatic hydroxyl groups excluding tert-OH is 1. The maximum absolute atomic E-state index is 13.0. The summed E-state index contributed by atoms with van der Waals surface area (Å²) < 4.78 is 1.56. The number of rotatable bonds is 7. The maximum atomic E-state index is 13.0. The summed E-state index contributed by atoms with van der Waals surface area (Å²) in [6.45, 7) is 0.345. The van der Waals surface area contributed by atoms with Crippen molar-refractivity contribution in [2.45, 2.75) is 24.5 Å². The van der Waals surface area contributed by atoms with Crippen molar-refractivity contribution in [2.75, 3.05) is 12.4 Å². The SMILES string of the molecule is O=C(CSc1nc2ccccc2c(=O)n1CCCO)c1ccc2c(c1)-c1ccccc1C2. The summed E-state index contributed by atoms with van der Waals surface area (Å²) in [6.07, 6.45) is 1.35. The van der Waals surface area contributed by atoms with Crippen LogP contribution in [0.2, 0.25) is 0 Å². The molecule has 1 aliphatic carbocycles. The normalized spacial score (nSPS) is 12.0. The van der Waals surface area contributed by atoms with Crippen LogP contribution in [0.15, 0.2) is 76.7 Å². The predicted octanol–water partition coefficient (Wildman–Crippen LogP) is 4.33. The zero-order valence-electron chi connectivity index (χ0n) is 17.5. The first kappa shape index (κ1) is 20.7. The minimum atomic E-state index is -0.145. The van der Waals surface area contributed by atoms with Crippen molar-refractivity contribution in [1.82, 2.24) is 9.55 Å². The maximum Gasteiger partial charge on any atom is 0.262 e. The van der Waals surface area contributed by atoms with Crippen LogP contribution in [0.5, 0.6) is 0 Å². The van der Waals surface area contributed by atoms with Crippen molar-refractivity contribution < 1.29 is 9.90 Å². The van der Waals surface area contributed by atoms with E-state index in [-0.39, 0.29) is 23.7 Å². The average Bonchev–Trinajstić information content (AvgIpc) is 3.20. The highest BCUT2D eigenvalue weighted by atomic mass is 32.2. The van der Waals surface area contributed by atoms with Gasteiger partial charge in [0.15, 0.2) is 10.9 Å². The van der Waals surface area contributed by atoms with Gasteiger partial charge in [-0.05, 0) is 53.3 Å². The van der Waals surface area contributed by atoms with Crippen LogP contribution in [0.1, 0.15) is 27.9 Å². The van der Waals surface area contributed by atoms with Crippen molar-refractivity contribution in [3.8, 4) is 11.1 Å². The highest BCUT2D eigenvalue weighted by Crippen LogP contribution is 2.37. The molecule has 0 unspecified atom stereocenters. The monoisotopic (exact) mass is 442 g/mol. The molecule has 5 nitrogen and oxygen atoms in total. The van der Waals surface area contributed by atoms with E-state index in [1.165, 1.54) is 28.5 Å². The van der Waals surface area contributed by atoms with Gasteiger partial charge in [0.1, 0.15) is 0 Å². The second-order valence-electron chi connectivity index (χ2n) is 7.86. The van der Waals surface area contributed by atoms with E-state index in [2.05, 4.69) is 17.1 Å². The smallest absolute Gasteiger partial charge is 0.262 e. The van der Waals surface area contributed by atoms with Gasteiger partial charge in [0, 0.05) is 18.7 Å². The number of ketones is 1. The van der Waals surface area contributed by atoms with Crippen LogP contribution >= 0.6 is 11.8 Å². The molecule has 0 atom stereocenters. The van der Waals surface area contributed by atoms with Gasteiger partial charge in [0.05, 0.1) is 16.7 Å². The van der Waals surface area contributed by atoms with Crippen molar-refractivity contribution in [3.63, 3.8) is 0 Å². The van der Waals surface area contributed by atoms with E-state index in [4.69, 9.17) is 0 Å². The van der Waals surface area contributed by atoms with E-state index >= 15 is 0 Å². The minimum absolute atomic E-state index is 0.00158. The van der Waals surface area contributed by atoms with E-state index in [1.54, 1.807) is 16.7 Å². The summed E-state index contributed by atoms with van der Waals surface area (Å²) in [5.41, 5.74) is 5.98. The number of carbonyl (C=O) groups is 1. The lowest BCUT2D eigenvalue weighted by molar-refractivity contribution is 0.102. The minimum Gasteiger partial charge on any atom is -0.396 e. The number of aliphatic hydroxyl groups is 1. The standard InChI is InChI=1S/C26H22N2O3S/c29-13-5-12-28-25(31)21-8-3-4-9-23(21)27-26(28)32-16-24(30)19-11-10-18-14-17-6-1-2-7-20(17)22(18)15-19/h1-4,6-11,15,29H,5,12-14,16H2. The molecule has 3 aromatic carbocycles. The fraction of sp³-hybridized carbons (Fsp3) is 0.192. The number of hydrogen-bond acceptors (Lipinski definition) is 5. The summed E-state index contributed by atoms with van der Waals surface area (Å²) in [4.78, 5) is 30.6. The van der Waals surface area contributed by atoms with Gasteiger partial charge in [-0.15, -0.1) is 0 Å². The molecule has 6 heteroatoms. The summed E-state index contributed by atoms with van der Waals surface area (Å²) >= 11 is 1.27. The van der Waals surface area contributed by atoms with Gasteiger partial charge < -0.3 is 5.11 Å². The predicted molar refractivity (Wildman–Crippen MR) is 127 cm³/mol. The molecule has 160 valence electrons. The van der Waals surface area contributed by atoms with Crippen LogP contribution in [0.25, 0.3) is 22.0 Å². The molecule has 0 saturated heterocycles. The Morgan fingerprint density at radius 3 is 2.66 bits per heavy atom. The van der Waals surface area contributed by atoms with Crippen LogP contribution in [-0.2, 0) is 13.0 Å². The van der Waals surface area contributed by atoms with Crippen molar-refractivity contribution in [2.24, 2.45) is 0 Å². The topological polar surface area (TPSA) is 72.2 Å². The molecule has 5 rings (SSSR count). The molecule has 0 fully saturated rings. The fourth-order valence-electron chi connectivity index (χ4n) is 4.19. The third kappa shape index (κ3) is 3.76. The number of nitrogens with zero attached hydrogens (tertiary/aromatic N) is 2. The molecular weight excluding hydrogens is 420 g/mol. The molecule has 4 aromatic rings.